The first-order valence-electron chi connectivity index (χ1n) is 4.46. The molecule has 11 heteroatoms. The third kappa shape index (κ3) is 3.26. The van der Waals surface area contributed by atoms with Crippen LogP contribution < -0.4 is 4.57 Å². The van der Waals surface area contributed by atoms with Gasteiger partial charge in [0.05, 0.1) is 4.47 Å². The van der Waals surface area contributed by atoms with Crippen LogP contribution in [0, 0.1) is 0 Å². The Labute approximate surface area is 110 Å². The van der Waals surface area contributed by atoms with E-state index >= 15 is 0 Å². The zero-order valence-corrected chi connectivity index (χ0v) is 12.2. The number of pyridine rings is 1. The summed E-state index contributed by atoms with van der Waals surface area (Å²) in [7, 11) is -10.9. The van der Waals surface area contributed by atoms with Gasteiger partial charge in [0.15, 0.2) is 12.4 Å². The maximum atomic E-state index is 11.1. The van der Waals surface area contributed by atoms with Crippen LogP contribution in [0.25, 0.3) is 0 Å². The minimum atomic E-state index is -5.43. The van der Waals surface area contributed by atoms with Gasteiger partial charge in [-0.25, -0.2) is 0 Å². The molecule has 8 nitrogen and oxygen atoms in total. The molecule has 1 aromatic rings. The van der Waals surface area contributed by atoms with Gasteiger partial charge in [-0.05, 0) is 22.0 Å². The van der Waals surface area contributed by atoms with Crippen LogP contribution >= 0.6 is 31.1 Å². The summed E-state index contributed by atoms with van der Waals surface area (Å²) in [5.41, 5.74) is 0. The number of hydrogen-bond acceptors (Lipinski definition) is 3. The van der Waals surface area contributed by atoms with Crippen LogP contribution in [0.2, 0.25) is 0 Å². The zero-order chi connectivity index (χ0) is 14.2. The van der Waals surface area contributed by atoms with E-state index in [1.807, 2.05) is 0 Å². The van der Waals surface area contributed by atoms with E-state index in [0.717, 1.165) is 4.57 Å². The molecule has 18 heavy (non-hydrogen) atoms. The largest absolute Gasteiger partial charge is 0.376 e. The molecule has 102 valence electrons. The van der Waals surface area contributed by atoms with E-state index in [1.165, 1.54) is 18.5 Å². The van der Waals surface area contributed by atoms with Crippen molar-refractivity contribution in [1.29, 1.82) is 0 Å². The molecule has 0 aliphatic heterocycles. The summed E-state index contributed by atoms with van der Waals surface area (Å²) in [6.07, 6.45) is 2.62. The molecule has 0 saturated carbocycles. The lowest BCUT2D eigenvalue weighted by molar-refractivity contribution is -0.704. The molecule has 0 aliphatic carbocycles. The monoisotopic (exact) mass is 362 g/mol. The van der Waals surface area contributed by atoms with Crippen molar-refractivity contribution < 1.29 is 38.4 Å². The van der Waals surface area contributed by atoms with Gasteiger partial charge in [0.1, 0.15) is 0 Å². The first-order valence-corrected chi connectivity index (χ1v) is 8.47. The smallest absolute Gasteiger partial charge is 0.363 e. The first-order chi connectivity index (χ1) is 7.97. The molecule has 0 aliphatic rings. The van der Waals surface area contributed by atoms with Crippen LogP contribution in [0.5, 0.6) is 0 Å². The van der Waals surface area contributed by atoms with Crippen molar-refractivity contribution >= 4 is 31.1 Å². The molecule has 0 radical (unpaired) electrons. The molecule has 0 amide bonds. The standard InChI is InChI=1S/C7H10BrNO7P2/c8-6-2-1-3-9(4-6)5-7(10,17(11,12)13)18(14,15)16/h1-4,10H,5H2,(H3-,11,12,13,14,15,16)/p+1. The van der Waals surface area contributed by atoms with E-state index < -0.39 is 26.8 Å². The fraction of sp³-hybridized carbons (Fsp3) is 0.286. The van der Waals surface area contributed by atoms with Crippen LogP contribution in [-0.2, 0) is 15.7 Å². The van der Waals surface area contributed by atoms with Gasteiger partial charge < -0.3 is 24.7 Å². The van der Waals surface area contributed by atoms with Gasteiger partial charge in [-0.2, -0.15) is 4.57 Å². The van der Waals surface area contributed by atoms with Crippen molar-refractivity contribution in [2.75, 3.05) is 0 Å². The van der Waals surface area contributed by atoms with Gasteiger partial charge in [0.2, 0.25) is 6.54 Å². The van der Waals surface area contributed by atoms with Crippen LogP contribution in [0.4, 0.5) is 0 Å². The van der Waals surface area contributed by atoms with Gasteiger partial charge in [-0.1, -0.05) is 0 Å². The molecule has 0 aromatic carbocycles. The van der Waals surface area contributed by atoms with Gasteiger partial charge in [-0.15, -0.1) is 0 Å². The molecule has 5 N–H and O–H groups in total. The summed E-state index contributed by atoms with van der Waals surface area (Å²) >= 11 is 3.08. The van der Waals surface area contributed by atoms with Gasteiger partial charge in [-0.3, -0.25) is 9.13 Å². The number of rotatable bonds is 4. The lowest BCUT2D eigenvalue weighted by Gasteiger charge is -2.26. The van der Waals surface area contributed by atoms with Crippen molar-refractivity contribution in [3.63, 3.8) is 0 Å². The second-order valence-electron chi connectivity index (χ2n) is 3.56. The number of nitrogens with zero attached hydrogens (tertiary/aromatic N) is 1. The Bertz CT molecular complexity index is 516. The molecule has 0 spiro atoms. The molecular formula is C7H11BrNO7P2+. The highest BCUT2D eigenvalue weighted by Gasteiger charge is 2.62. The van der Waals surface area contributed by atoms with E-state index in [0.29, 0.717) is 4.47 Å². The topological polar surface area (TPSA) is 139 Å². The summed E-state index contributed by atoms with van der Waals surface area (Å²) in [5, 5.41) is 6.21. The minimum absolute atomic E-state index is 0.517. The Morgan fingerprint density at radius 1 is 1.22 bits per heavy atom. The average molecular weight is 363 g/mol. The molecule has 0 unspecified atom stereocenters. The van der Waals surface area contributed by atoms with E-state index in [9.17, 15) is 14.2 Å². The zero-order valence-electron chi connectivity index (χ0n) is 8.79. The summed E-state index contributed by atoms with van der Waals surface area (Å²) in [4.78, 5) is 35.8. The highest BCUT2D eigenvalue weighted by Crippen LogP contribution is 2.67. The molecule has 1 heterocycles. The fourth-order valence-corrected chi connectivity index (χ4v) is 3.66. The van der Waals surface area contributed by atoms with Crippen LogP contribution in [-0.4, -0.2) is 29.8 Å². The van der Waals surface area contributed by atoms with Crippen LogP contribution in [0.3, 0.4) is 0 Å². The molecule has 0 atom stereocenters. The van der Waals surface area contributed by atoms with Crippen molar-refractivity contribution in [2.45, 2.75) is 11.6 Å². The van der Waals surface area contributed by atoms with Gasteiger partial charge >= 0.3 is 20.3 Å². The van der Waals surface area contributed by atoms with Crippen LogP contribution in [0.1, 0.15) is 0 Å². The van der Waals surface area contributed by atoms with Crippen molar-refractivity contribution in [3.8, 4) is 0 Å². The SMILES string of the molecule is O=P(O)(O)C(O)(C[n+]1cccc(Br)c1)P(=O)(O)O. The fourth-order valence-electron chi connectivity index (χ4n) is 1.19. The van der Waals surface area contributed by atoms with Gasteiger partial charge in [0, 0.05) is 6.07 Å². The van der Waals surface area contributed by atoms with E-state index in [1.54, 1.807) is 6.07 Å². The average Bonchev–Trinajstić information content (AvgIpc) is 2.13. The van der Waals surface area contributed by atoms with E-state index in [-0.39, 0.29) is 0 Å². The van der Waals surface area contributed by atoms with Gasteiger partial charge in [0.25, 0.3) is 0 Å². The lowest BCUT2D eigenvalue weighted by Crippen LogP contribution is -2.47. The Hall–Kier alpha value is -0.110. The second-order valence-corrected chi connectivity index (χ2v) is 8.48. The predicted octanol–water partition coefficient (Wildman–Crippen LogP) is -0.262. The third-order valence-corrected chi connectivity index (χ3v) is 6.33. The highest BCUT2D eigenvalue weighted by atomic mass is 79.9. The molecule has 0 saturated heterocycles. The Morgan fingerprint density at radius 3 is 2.11 bits per heavy atom. The van der Waals surface area contributed by atoms with Crippen molar-refractivity contribution in [2.24, 2.45) is 0 Å². The Morgan fingerprint density at radius 2 is 1.72 bits per heavy atom. The quantitative estimate of drug-likeness (QED) is 0.367. The highest BCUT2D eigenvalue weighted by molar-refractivity contribution is 9.10. The number of halogens is 1. The Balaban J connectivity index is 3.25. The summed E-state index contributed by atoms with van der Waals surface area (Å²) in [5.74, 6) is 0. The normalized spacial score (nSPS) is 13.7. The molecule has 1 rings (SSSR count). The summed E-state index contributed by atoms with van der Waals surface area (Å²) in [6, 6.07) is 3.08. The lowest BCUT2D eigenvalue weighted by atomic mass is 10.5. The van der Waals surface area contributed by atoms with Crippen LogP contribution in [0.15, 0.2) is 29.0 Å². The first kappa shape index (κ1) is 15.9. The number of aliphatic hydroxyl groups is 1. The summed E-state index contributed by atoms with van der Waals surface area (Å²) in [6.45, 7) is -0.943. The maximum absolute atomic E-state index is 11.1. The van der Waals surface area contributed by atoms with Crippen molar-refractivity contribution in [3.05, 3.63) is 29.0 Å². The third-order valence-electron chi connectivity index (χ3n) is 2.15. The predicted molar refractivity (Wildman–Crippen MR) is 63.4 cm³/mol. The number of aromatic nitrogens is 1. The van der Waals surface area contributed by atoms with E-state index in [4.69, 9.17) is 19.6 Å². The number of hydrogen-bond donors (Lipinski definition) is 5. The Kier molecular flexibility index (Phi) is 4.53. The maximum Gasteiger partial charge on any atom is 0.376 e. The molecule has 1 aromatic heterocycles. The van der Waals surface area contributed by atoms with E-state index in [2.05, 4.69) is 15.9 Å². The summed E-state index contributed by atoms with van der Waals surface area (Å²) < 4.78 is 23.8. The second kappa shape index (κ2) is 5.11. The molecule has 0 fully saturated rings. The minimum Gasteiger partial charge on any atom is -0.363 e. The van der Waals surface area contributed by atoms with Crippen molar-refractivity contribution in [1.82, 2.24) is 0 Å². The molecule has 0 bridgehead atoms. The molecular weight excluding hydrogens is 352 g/mol.